The number of carbonyl (C=O) groups excluding carboxylic acids is 1. The molecule has 5 heteroatoms. The molecule has 1 aliphatic heterocycles. The summed E-state index contributed by atoms with van der Waals surface area (Å²) in [7, 11) is 0. The number of hydrogen-bond donors (Lipinski definition) is 1. The number of carboxylic acid groups (broad SMARTS) is 1. The van der Waals surface area contributed by atoms with Crippen LogP contribution >= 0.6 is 0 Å². The second-order valence-electron chi connectivity index (χ2n) is 4.88. The van der Waals surface area contributed by atoms with Crippen LogP contribution in [-0.2, 0) is 4.79 Å². The van der Waals surface area contributed by atoms with Gasteiger partial charge in [-0.05, 0) is 25.0 Å². The van der Waals surface area contributed by atoms with Gasteiger partial charge in [0.2, 0.25) is 0 Å². The van der Waals surface area contributed by atoms with Gasteiger partial charge in [-0.15, -0.1) is 0 Å². The van der Waals surface area contributed by atoms with Crippen molar-refractivity contribution in [3.8, 4) is 0 Å². The van der Waals surface area contributed by atoms with E-state index in [9.17, 15) is 14.7 Å². The Kier molecular flexibility index (Phi) is 3.10. The van der Waals surface area contributed by atoms with Crippen molar-refractivity contribution in [3.63, 3.8) is 0 Å². The molecular weight excluding hydrogens is 256 g/mol. The van der Waals surface area contributed by atoms with Gasteiger partial charge in [-0.25, -0.2) is 4.79 Å². The van der Waals surface area contributed by atoms with E-state index in [4.69, 9.17) is 0 Å². The monoisotopic (exact) mass is 270 g/mol. The lowest BCUT2D eigenvalue weighted by atomic mass is 10.1. The van der Waals surface area contributed by atoms with Gasteiger partial charge in [-0.3, -0.25) is 9.78 Å². The molecule has 102 valence electrons. The third kappa shape index (κ3) is 2.01. The lowest BCUT2D eigenvalue weighted by Crippen LogP contribution is -2.40. The molecule has 0 bridgehead atoms. The number of fused-ring (bicyclic) bond motifs is 1. The molecule has 5 nitrogen and oxygen atoms in total. The maximum Gasteiger partial charge on any atom is 0.326 e. The minimum atomic E-state index is -0.941. The van der Waals surface area contributed by atoms with Gasteiger partial charge in [0, 0.05) is 18.1 Å². The zero-order valence-corrected chi connectivity index (χ0v) is 10.8. The topological polar surface area (TPSA) is 70.5 Å². The number of nitrogens with zero attached hydrogens (tertiary/aromatic N) is 2. The van der Waals surface area contributed by atoms with Gasteiger partial charge in [0.15, 0.2) is 0 Å². The smallest absolute Gasteiger partial charge is 0.326 e. The molecule has 0 spiro atoms. The molecule has 3 rings (SSSR count). The van der Waals surface area contributed by atoms with Crippen LogP contribution in [0.1, 0.15) is 23.2 Å². The highest BCUT2D eigenvalue weighted by atomic mass is 16.4. The quantitative estimate of drug-likeness (QED) is 0.905. The zero-order chi connectivity index (χ0) is 14.1. The molecule has 1 aromatic carbocycles. The van der Waals surface area contributed by atoms with Crippen LogP contribution in [0.2, 0.25) is 0 Å². The predicted octanol–water partition coefficient (Wildman–Crippen LogP) is 1.92. The van der Waals surface area contributed by atoms with Crippen molar-refractivity contribution in [2.45, 2.75) is 18.9 Å². The van der Waals surface area contributed by atoms with E-state index in [-0.39, 0.29) is 5.91 Å². The number of aliphatic carboxylic acids is 1. The lowest BCUT2D eigenvalue weighted by molar-refractivity contribution is -0.141. The standard InChI is InChI=1S/C15H14N2O3/c18-14(17-9-3-7-12(17)15(19)20)11-6-1-4-10-5-2-8-16-13(10)11/h1-2,4-6,8,12H,3,7,9H2,(H,19,20)/t12-/m1/s1. The van der Waals surface area contributed by atoms with Crippen molar-refractivity contribution < 1.29 is 14.7 Å². The fraction of sp³-hybridized carbons (Fsp3) is 0.267. The fourth-order valence-corrected chi connectivity index (χ4v) is 2.70. The Balaban J connectivity index is 2.03. The second-order valence-corrected chi connectivity index (χ2v) is 4.88. The number of para-hydroxylation sites is 1. The average molecular weight is 270 g/mol. The van der Waals surface area contributed by atoms with Crippen LogP contribution in [0.5, 0.6) is 0 Å². The van der Waals surface area contributed by atoms with Gasteiger partial charge >= 0.3 is 5.97 Å². The summed E-state index contributed by atoms with van der Waals surface area (Å²) in [6.45, 7) is 0.485. The first-order valence-corrected chi connectivity index (χ1v) is 6.56. The molecule has 2 heterocycles. The lowest BCUT2D eigenvalue weighted by Gasteiger charge is -2.21. The summed E-state index contributed by atoms with van der Waals surface area (Å²) >= 11 is 0. The molecule has 0 aliphatic carbocycles. The molecule has 1 aromatic heterocycles. The zero-order valence-electron chi connectivity index (χ0n) is 10.8. The molecule has 0 unspecified atom stereocenters. The van der Waals surface area contributed by atoms with Crippen LogP contribution in [0, 0.1) is 0 Å². The molecule has 1 fully saturated rings. The van der Waals surface area contributed by atoms with Gasteiger partial charge in [0.05, 0.1) is 11.1 Å². The van der Waals surface area contributed by atoms with Crippen LogP contribution in [-0.4, -0.2) is 39.5 Å². The van der Waals surface area contributed by atoms with Gasteiger partial charge in [0.25, 0.3) is 5.91 Å². The number of carbonyl (C=O) groups is 2. The van der Waals surface area contributed by atoms with Crippen molar-refractivity contribution in [2.75, 3.05) is 6.54 Å². The van der Waals surface area contributed by atoms with Crippen molar-refractivity contribution in [1.29, 1.82) is 0 Å². The van der Waals surface area contributed by atoms with Gasteiger partial charge in [0.1, 0.15) is 6.04 Å². The number of benzene rings is 1. The number of hydrogen-bond acceptors (Lipinski definition) is 3. The minimum absolute atomic E-state index is 0.251. The first kappa shape index (κ1) is 12.6. The summed E-state index contributed by atoms with van der Waals surface area (Å²) in [5.41, 5.74) is 1.09. The molecule has 0 radical (unpaired) electrons. The van der Waals surface area contributed by atoms with Gasteiger partial charge < -0.3 is 10.0 Å². The van der Waals surface area contributed by atoms with Crippen molar-refractivity contribution in [2.24, 2.45) is 0 Å². The molecule has 1 saturated heterocycles. The van der Waals surface area contributed by atoms with Crippen molar-refractivity contribution in [1.82, 2.24) is 9.88 Å². The summed E-state index contributed by atoms with van der Waals surface area (Å²) in [5.74, 6) is -1.19. The Hall–Kier alpha value is -2.43. The number of likely N-dealkylation sites (tertiary alicyclic amines) is 1. The van der Waals surface area contributed by atoms with E-state index in [1.807, 2.05) is 18.2 Å². The molecule has 1 amide bonds. The second kappa shape index (κ2) is 4.92. The number of rotatable bonds is 2. The maximum absolute atomic E-state index is 12.6. The molecule has 1 atom stereocenters. The highest BCUT2D eigenvalue weighted by Crippen LogP contribution is 2.23. The molecule has 0 saturated carbocycles. The average Bonchev–Trinajstić information content (AvgIpc) is 2.95. The Morgan fingerprint density at radius 2 is 2.05 bits per heavy atom. The number of aromatic nitrogens is 1. The van der Waals surface area contributed by atoms with Crippen molar-refractivity contribution in [3.05, 3.63) is 42.1 Å². The summed E-state index contributed by atoms with van der Waals surface area (Å²) in [6.07, 6.45) is 2.87. The SMILES string of the molecule is O=C(O)[C@H]1CCCN1C(=O)c1cccc2cccnc12. The molecule has 2 aromatic rings. The maximum atomic E-state index is 12.6. The van der Waals surface area contributed by atoms with Crippen LogP contribution in [0.3, 0.4) is 0 Å². The van der Waals surface area contributed by atoms with Gasteiger partial charge in [-0.2, -0.15) is 0 Å². The summed E-state index contributed by atoms with van der Waals surface area (Å²) in [5, 5.41) is 10.1. The van der Waals surface area contributed by atoms with E-state index < -0.39 is 12.0 Å². The Labute approximate surface area is 115 Å². The fourth-order valence-electron chi connectivity index (χ4n) is 2.70. The van der Waals surface area contributed by atoms with E-state index in [1.165, 1.54) is 4.90 Å². The van der Waals surface area contributed by atoms with Crippen LogP contribution in [0.4, 0.5) is 0 Å². The first-order chi connectivity index (χ1) is 9.68. The normalized spacial score (nSPS) is 18.4. The predicted molar refractivity (Wildman–Crippen MR) is 73.4 cm³/mol. The summed E-state index contributed by atoms with van der Waals surface area (Å²) in [6, 6.07) is 8.36. The van der Waals surface area contributed by atoms with Crippen LogP contribution < -0.4 is 0 Å². The summed E-state index contributed by atoms with van der Waals surface area (Å²) in [4.78, 5) is 29.5. The van der Waals surface area contributed by atoms with E-state index in [1.54, 1.807) is 18.3 Å². The van der Waals surface area contributed by atoms with E-state index in [2.05, 4.69) is 4.98 Å². The van der Waals surface area contributed by atoms with Crippen LogP contribution in [0.15, 0.2) is 36.5 Å². The molecule has 1 N–H and O–H groups in total. The Morgan fingerprint density at radius 3 is 2.85 bits per heavy atom. The molecule has 20 heavy (non-hydrogen) atoms. The number of carboxylic acids is 1. The molecular formula is C15H14N2O3. The minimum Gasteiger partial charge on any atom is -0.480 e. The Morgan fingerprint density at radius 1 is 1.25 bits per heavy atom. The Bertz CT molecular complexity index is 678. The molecule has 1 aliphatic rings. The van der Waals surface area contributed by atoms with E-state index in [0.717, 1.165) is 11.8 Å². The third-order valence-corrected chi connectivity index (χ3v) is 3.66. The van der Waals surface area contributed by atoms with E-state index >= 15 is 0 Å². The largest absolute Gasteiger partial charge is 0.480 e. The summed E-state index contributed by atoms with van der Waals surface area (Å²) < 4.78 is 0. The van der Waals surface area contributed by atoms with Crippen LogP contribution in [0.25, 0.3) is 10.9 Å². The number of pyridine rings is 1. The van der Waals surface area contributed by atoms with E-state index in [0.29, 0.717) is 24.0 Å². The number of amides is 1. The third-order valence-electron chi connectivity index (χ3n) is 3.66. The first-order valence-electron chi connectivity index (χ1n) is 6.56. The highest BCUT2D eigenvalue weighted by Gasteiger charge is 2.34. The van der Waals surface area contributed by atoms with Gasteiger partial charge in [-0.1, -0.05) is 18.2 Å². The highest BCUT2D eigenvalue weighted by molar-refractivity contribution is 6.06. The van der Waals surface area contributed by atoms with Crippen molar-refractivity contribution >= 4 is 22.8 Å².